The number of fused-ring (bicyclic) bond motifs is 6. The Hall–Kier alpha value is -1.45. The van der Waals surface area contributed by atoms with Gasteiger partial charge in [-0.05, 0) is 0 Å². The van der Waals surface area contributed by atoms with Crippen molar-refractivity contribution in [2.45, 2.75) is 60.7 Å². The van der Waals surface area contributed by atoms with Gasteiger partial charge in [-0.1, -0.05) is 0 Å². The maximum Gasteiger partial charge on any atom is -0.147 e. The Labute approximate surface area is 244 Å². The second kappa shape index (κ2) is 11.6. The fourth-order valence-corrected chi connectivity index (χ4v) is 42.7. The molecule has 6 rings (SSSR count). The largest absolute Gasteiger partial charge is 0.147 e. The van der Waals surface area contributed by atoms with E-state index in [1.807, 2.05) is 6.64 Å². The fraction of sp³-hybridized carbons (Fsp3) is 0.294. The average Bonchev–Trinajstić information content (AvgIpc) is 3.49. The van der Waals surface area contributed by atoms with E-state index < -0.39 is 17.1 Å². The van der Waals surface area contributed by atoms with Gasteiger partial charge in [-0.15, -0.1) is 24.8 Å². The number of halogens is 2. The third kappa shape index (κ3) is 4.54. The Morgan fingerprint density at radius 1 is 0.553 bits per heavy atom. The molecule has 0 fully saturated rings. The van der Waals surface area contributed by atoms with Crippen molar-refractivity contribution >= 4 is 38.4 Å². The molecule has 0 spiro atoms. The first kappa shape index (κ1) is 29.5. The van der Waals surface area contributed by atoms with Crippen molar-refractivity contribution in [3.8, 4) is 22.3 Å². The number of hydrogen-bond donors (Lipinski definition) is 0. The molecule has 2 aliphatic carbocycles. The van der Waals surface area contributed by atoms with E-state index in [-0.39, 0.29) is 24.8 Å². The molecule has 0 heterocycles. The first-order valence-electron chi connectivity index (χ1n) is 14.0. The van der Waals surface area contributed by atoms with E-state index in [0.29, 0.717) is 0 Å². The molecule has 4 aromatic carbocycles. The normalized spacial score (nSPS) is 13.0. The molecule has 0 aromatic heterocycles. The van der Waals surface area contributed by atoms with E-state index in [9.17, 15) is 0 Å². The summed E-state index contributed by atoms with van der Waals surface area (Å²) in [5, 5.41) is 0. The molecular formula is C34H40Cl2HfSi. The van der Waals surface area contributed by atoms with E-state index in [0.717, 1.165) is 12.8 Å². The summed E-state index contributed by atoms with van der Waals surface area (Å²) in [6.07, 6.45) is 7.47. The van der Waals surface area contributed by atoms with Crippen LogP contribution in [0.15, 0.2) is 84.9 Å². The molecule has 0 atom stereocenters. The molecule has 4 aromatic rings. The van der Waals surface area contributed by atoms with E-state index >= 15 is 0 Å². The topological polar surface area (TPSA) is 0 Å². The summed E-state index contributed by atoms with van der Waals surface area (Å²) < 4.78 is 6.47. The maximum absolute atomic E-state index is 3.87. The standard InChI is InChI=1S/2C13H9.2C4H9.2ClH.Hf.H2Si/c2*1-3-7-12-10(5-1)9-11-6-2-4-8-13(11)12;2*1-3-4-2;;;;/h2*1-5,7-8H,9H2;2*1,3-4H2,2H3;2*1H;;1H2. The average molecular weight is 726 g/mol. The minimum atomic E-state index is -3.87. The zero-order valence-electron chi connectivity index (χ0n) is 22.8. The Morgan fingerprint density at radius 3 is 1.37 bits per heavy atom. The summed E-state index contributed by atoms with van der Waals surface area (Å²) in [5.41, 5.74) is 12.4. The van der Waals surface area contributed by atoms with Gasteiger partial charge in [0.05, 0.1) is 0 Å². The zero-order valence-corrected chi connectivity index (χ0v) is 29.4. The van der Waals surface area contributed by atoms with Gasteiger partial charge < -0.3 is 0 Å². The van der Waals surface area contributed by atoms with Gasteiger partial charge in [0.1, 0.15) is 0 Å². The Bertz CT molecular complexity index is 1420. The molecule has 38 heavy (non-hydrogen) atoms. The Kier molecular flexibility index (Phi) is 8.99. The van der Waals surface area contributed by atoms with Gasteiger partial charge in [-0.25, -0.2) is 0 Å². The van der Waals surface area contributed by atoms with Crippen LogP contribution in [0.5, 0.6) is 0 Å². The molecule has 198 valence electrons. The number of unbranched alkanes of at least 4 members (excludes halogenated alkanes) is 2. The van der Waals surface area contributed by atoms with E-state index in [2.05, 4.69) is 106 Å². The molecular weight excluding hydrogens is 686 g/mol. The first-order chi connectivity index (χ1) is 17.6. The van der Waals surface area contributed by atoms with Crippen molar-refractivity contribution in [1.82, 2.24) is 0 Å². The van der Waals surface area contributed by atoms with Crippen molar-refractivity contribution in [2.75, 3.05) is 0 Å². The van der Waals surface area contributed by atoms with Crippen LogP contribution in [0, 0.1) is 0 Å². The van der Waals surface area contributed by atoms with Crippen LogP contribution in [0.1, 0.15) is 61.8 Å². The third-order valence-electron chi connectivity index (χ3n) is 9.38. The van der Waals surface area contributed by atoms with Crippen LogP contribution >= 0.6 is 24.8 Å². The van der Waals surface area contributed by atoms with Gasteiger partial charge in [-0.2, -0.15) is 0 Å². The molecule has 0 bridgehead atoms. The van der Waals surface area contributed by atoms with E-state index in [1.54, 1.807) is 11.1 Å². The molecule has 0 saturated heterocycles. The second-order valence-electron chi connectivity index (χ2n) is 11.5. The summed E-state index contributed by atoms with van der Waals surface area (Å²) in [5.74, 6) is 0. The number of hydrogen-bond acceptors (Lipinski definition) is 0. The molecule has 2 aliphatic rings. The fourth-order valence-electron chi connectivity index (χ4n) is 7.56. The maximum atomic E-state index is 2.60. The summed E-state index contributed by atoms with van der Waals surface area (Å²) in [6, 6.07) is 33.1. The Balaban J connectivity index is 0.00000168. The number of rotatable bonds is 8. The van der Waals surface area contributed by atoms with Gasteiger partial charge in [0, 0.05) is 0 Å². The van der Waals surface area contributed by atoms with Crippen molar-refractivity contribution in [3.63, 3.8) is 0 Å². The first-order valence-corrected chi connectivity index (χ1v) is 31.0. The van der Waals surface area contributed by atoms with E-state index in [1.165, 1.54) is 67.4 Å². The molecule has 0 N–H and O–H groups in total. The second-order valence-corrected chi connectivity index (χ2v) is 46.8. The van der Waals surface area contributed by atoms with Crippen molar-refractivity contribution in [2.24, 2.45) is 0 Å². The quantitative estimate of drug-likeness (QED) is 0.139. The smallest absolute Gasteiger partial charge is 0.147 e. The molecule has 0 unspecified atom stereocenters. The molecule has 0 saturated carbocycles. The number of benzene rings is 4. The monoisotopic (exact) mass is 726 g/mol. The van der Waals surface area contributed by atoms with Gasteiger partial charge in [0.2, 0.25) is 0 Å². The van der Waals surface area contributed by atoms with E-state index in [4.69, 9.17) is 0 Å². The summed E-state index contributed by atoms with van der Waals surface area (Å²) in [7, 11) is 0. The summed E-state index contributed by atoms with van der Waals surface area (Å²) in [6.45, 7) is 7.33. The van der Waals surface area contributed by atoms with Crippen LogP contribution in [-0.4, -0.2) is 6.94 Å². The van der Waals surface area contributed by atoms with Gasteiger partial charge in [-0.3, -0.25) is 0 Å². The summed E-state index contributed by atoms with van der Waals surface area (Å²) in [4.78, 5) is 0. The van der Waals surface area contributed by atoms with Crippen molar-refractivity contribution in [3.05, 3.63) is 107 Å². The predicted molar refractivity (Wildman–Crippen MR) is 171 cm³/mol. The summed E-state index contributed by atoms with van der Waals surface area (Å²) >= 11 is -3.87. The minimum absolute atomic E-state index is 0. The SMILES string of the molecule is CCC[CH2][Hf](=[SiH2])([CH2]CCC)([c]1cccc2c1Cc1ccccc1-2)[c]1cccc2c1Cc1ccccc1-2.Cl.Cl. The van der Waals surface area contributed by atoms with Gasteiger partial charge in [0.25, 0.3) is 0 Å². The van der Waals surface area contributed by atoms with Crippen LogP contribution in [0.25, 0.3) is 22.3 Å². The third-order valence-corrected chi connectivity index (χ3v) is 46.1. The molecule has 0 aliphatic heterocycles. The molecule has 0 amide bonds. The van der Waals surface area contributed by atoms with Gasteiger partial charge >= 0.3 is 221 Å². The van der Waals surface area contributed by atoms with Crippen LogP contribution in [0.2, 0.25) is 8.35 Å². The van der Waals surface area contributed by atoms with Crippen LogP contribution < -0.4 is 6.64 Å². The van der Waals surface area contributed by atoms with Crippen LogP contribution in [0.3, 0.4) is 0 Å². The van der Waals surface area contributed by atoms with Crippen molar-refractivity contribution in [1.29, 1.82) is 0 Å². The predicted octanol–water partition coefficient (Wildman–Crippen LogP) is 8.30. The zero-order chi connectivity index (χ0) is 24.8. The molecule has 0 radical (unpaired) electrons. The van der Waals surface area contributed by atoms with Crippen LogP contribution in [-0.2, 0) is 30.0 Å². The molecule has 0 nitrogen and oxygen atoms in total. The molecule has 4 heteroatoms. The van der Waals surface area contributed by atoms with Gasteiger partial charge in [0.15, 0.2) is 0 Å². The Morgan fingerprint density at radius 2 is 0.947 bits per heavy atom. The minimum Gasteiger partial charge on any atom is -0.147 e. The van der Waals surface area contributed by atoms with Crippen LogP contribution in [0.4, 0.5) is 0 Å². The van der Waals surface area contributed by atoms with Crippen molar-refractivity contribution < 1.29 is 17.1 Å².